The molecule has 0 amide bonds. The summed E-state index contributed by atoms with van der Waals surface area (Å²) >= 11 is 0. The van der Waals surface area contributed by atoms with Crippen LogP contribution in [-0.2, 0) is 9.84 Å². The molecule has 0 radical (unpaired) electrons. The van der Waals surface area contributed by atoms with Crippen LogP contribution in [0.15, 0.2) is 29.2 Å². The summed E-state index contributed by atoms with van der Waals surface area (Å²) in [5.74, 6) is 2.06. The largest absolute Gasteiger partial charge is 0.383 e. The molecular weight excluding hydrogens is 260 g/mol. The molecular formula is C12H13F2NO2S. The number of hydrogen-bond acceptors (Lipinski definition) is 3. The number of alkyl halides is 2. The molecule has 0 aliphatic heterocycles. The third-order valence-electron chi connectivity index (χ3n) is 2.17. The molecule has 1 aromatic carbocycles. The fraction of sp³-hybridized carbons (Fsp3) is 0.333. The van der Waals surface area contributed by atoms with Crippen LogP contribution in [0.1, 0.15) is 13.3 Å². The Bertz CT molecular complexity index is 559. The van der Waals surface area contributed by atoms with Crippen molar-refractivity contribution in [1.82, 2.24) is 0 Å². The first-order valence-corrected chi connectivity index (χ1v) is 6.79. The van der Waals surface area contributed by atoms with Crippen molar-refractivity contribution < 1.29 is 17.2 Å². The summed E-state index contributed by atoms with van der Waals surface area (Å²) in [5.41, 5.74) is 0.177. The summed E-state index contributed by atoms with van der Waals surface area (Å²) < 4.78 is 47.8. The molecule has 0 spiro atoms. The second-order valence-electron chi connectivity index (χ2n) is 3.41. The molecule has 0 saturated carbocycles. The molecule has 3 nitrogen and oxygen atoms in total. The van der Waals surface area contributed by atoms with Crippen molar-refractivity contribution in [2.75, 3.05) is 11.9 Å². The van der Waals surface area contributed by atoms with E-state index >= 15 is 0 Å². The Morgan fingerprint density at radius 2 is 2.00 bits per heavy atom. The maximum atomic E-state index is 12.5. The molecule has 1 N–H and O–H groups in total. The summed E-state index contributed by atoms with van der Waals surface area (Å²) in [5, 5.41) is 2.79. The SMILES string of the molecule is CC#CCCNc1ccccc1S(=O)(=O)C(F)F. The second kappa shape index (κ2) is 6.36. The minimum atomic E-state index is -4.58. The van der Waals surface area contributed by atoms with Crippen LogP contribution in [0.5, 0.6) is 0 Å². The molecule has 6 heteroatoms. The smallest absolute Gasteiger partial charge is 0.341 e. The molecule has 0 fully saturated rings. The molecule has 0 aromatic heterocycles. The van der Waals surface area contributed by atoms with E-state index in [-0.39, 0.29) is 10.6 Å². The van der Waals surface area contributed by atoms with E-state index in [2.05, 4.69) is 17.2 Å². The molecule has 0 atom stereocenters. The lowest BCUT2D eigenvalue weighted by atomic mass is 10.3. The highest BCUT2D eigenvalue weighted by molar-refractivity contribution is 7.91. The van der Waals surface area contributed by atoms with Gasteiger partial charge in [-0.2, -0.15) is 8.78 Å². The van der Waals surface area contributed by atoms with E-state index in [1.165, 1.54) is 12.1 Å². The summed E-state index contributed by atoms with van der Waals surface area (Å²) in [4.78, 5) is -0.385. The van der Waals surface area contributed by atoms with E-state index in [1.807, 2.05) is 0 Å². The van der Waals surface area contributed by atoms with Gasteiger partial charge in [-0.15, -0.1) is 11.8 Å². The van der Waals surface area contributed by atoms with Gasteiger partial charge < -0.3 is 5.32 Å². The van der Waals surface area contributed by atoms with E-state index in [0.717, 1.165) is 6.07 Å². The fourth-order valence-corrected chi connectivity index (χ4v) is 2.25. The van der Waals surface area contributed by atoms with Crippen LogP contribution in [0.2, 0.25) is 0 Å². The number of rotatable bonds is 5. The van der Waals surface area contributed by atoms with Gasteiger partial charge in [0.1, 0.15) is 0 Å². The zero-order valence-electron chi connectivity index (χ0n) is 9.78. The third kappa shape index (κ3) is 3.44. The molecule has 1 aromatic rings. The minimum absolute atomic E-state index is 0.177. The Morgan fingerprint density at radius 1 is 1.33 bits per heavy atom. The maximum absolute atomic E-state index is 12.5. The van der Waals surface area contributed by atoms with Gasteiger partial charge in [-0.1, -0.05) is 12.1 Å². The lowest BCUT2D eigenvalue weighted by Crippen LogP contribution is -2.14. The van der Waals surface area contributed by atoms with Gasteiger partial charge in [0.05, 0.1) is 10.6 Å². The molecule has 0 saturated heterocycles. The number of hydrogen-bond donors (Lipinski definition) is 1. The van der Waals surface area contributed by atoms with Gasteiger partial charge >= 0.3 is 5.76 Å². The van der Waals surface area contributed by atoms with Gasteiger partial charge in [0.15, 0.2) is 0 Å². The van der Waals surface area contributed by atoms with Crippen molar-refractivity contribution in [3.8, 4) is 11.8 Å². The first-order valence-electron chi connectivity index (χ1n) is 5.24. The molecule has 0 bridgehead atoms. The minimum Gasteiger partial charge on any atom is -0.383 e. The van der Waals surface area contributed by atoms with Crippen molar-refractivity contribution >= 4 is 15.5 Å². The number of sulfone groups is 1. The number of halogens is 2. The predicted octanol–water partition coefficient (Wildman–Crippen LogP) is 2.51. The summed E-state index contributed by atoms with van der Waals surface area (Å²) in [6.07, 6.45) is 0.513. The van der Waals surface area contributed by atoms with Crippen LogP contribution in [0.25, 0.3) is 0 Å². The Labute approximate surface area is 105 Å². The first-order chi connectivity index (χ1) is 8.50. The van der Waals surface area contributed by atoms with Gasteiger partial charge in [-0.3, -0.25) is 0 Å². The van der Waals surface area contributed by atoms with Crippen LogP contribution in [0.3, 0.4) is 0 Å². The van der Waals surface area contributed by atoms with Crippen LogP contribution in [0.4, 0.5) is 14.5 Å². The van der Waals surface area contributed by atoms with E-state index < -0.39 is 15.6 Å². The van der Waals surface area contributed by atoms with E-state index in [4.69, 9.17) is 0 Å². The summed E-state index contributed by atoms with van der Waals surface area (Å²) in [6.45, 7) is 2.09. The Morgan fingerprint density at radius 3 is 2.61 bits per heavy atom. The van der Waals surface area contributed by atoms with Crippen LogP contribution < -0.4 is 5.32 Å². The molecule has 18 heavy (non-hydrogen) atoms. The summed E-state index contributed by atoms with van der Waals surface area (Å²) in [7, 11) is -4.58. The quantitative estimate of drug-likeness (QED) is 0.662. The van der Waals surface area contributed by atoms with Crippen molar-refractivity contribution in [3.63, 3.8) is 0 Å². The van der Waals surface area contributed by atoms with E-state index in [1.54, 1.807) is 13.0 Å². The molecule has 0 aliphatic rings. The third-order valence-corrected chi connectivity index (χ3v) is 3.61. The number of anilines is 1. The molecule has 98 valence electrons. The van der Waals surface area contributed by atoms with Gasteiger partial charge in [-0.25, -0.2) is 8.42 Å². The van der Waals surface area contributed by atoms with Crippen LogP contribution >= 0.6 is 0 Å². The van der Waals surface area contributed by atoms with Crippen LogP contribution in [-0.4, -0.2) is 20.7 Å². The predicted molar refractivity (Wildman–Crippen MR) is 66.2 cm³/mol. The van der Waals surface area contributed by atoms with Crippen molar-refractivity contribution in [2.45, 2.75) is 24.0 Å². The monoisotopic (exact) mass is 273 g/mol. The lowest BCUT2D eigenvalue weighted by Gasteiger charge is -2.11. The molecule has 0 heterocycles. The van der Waals surface area contributed by atoms with E-state index in [0.29, 0.717) is 13.0 Å². The van der Waals surface area contributed by atoms with Crippen molar-refractivity contribution in [2.24, 2.45) is 0 Å². The van der Waals surface area contributed by atoms with Crippen molar-refractivity contribution in [1.29, 1.82) is 0 Å². The maximum Gasteiger partial charge on any atom is 0.341 e. The molecule has 0 unspecified atom stereocenters. The van der Waals surface area contributed by atoms with Gasteiger partial charge in [0.2, 0.25) is 9.84 Å². The van der Waals surface area contributed by atoms with E-state index in [9.17, 15) is 17.2 Å². The van der Waals surface area contributed by atoms with Crippen molar-refractivity contribution in [3.05, 3.63) is 24.3 Å². The molecule has 1 rings (SSSR count). The highest BCUT2D eigenvalue weighted by atomic mass is 32.2. The summed E-state index contributed by atoms with van der Waals surface area (Å²) in [6, 6.07) is 5.61. The normalized spacial score (nSPS) is 10.9. The topological polar surface area (TPSA) is 46.2 Å². The number of benzene rings is 1. The Balaban J connectivity index is 2.96. The average molecular weight is 273 g/mol. The van der Waals surface area contributed by atoms with Gasteiger partial charge in [-0.05, 0) is 19.1 Å². The fourth-order valence-electron chi connectivity index (χ4n) is 1.34. The standard InChI is InChI=1S/C12H13F2NO2S/c1-2-3-6-9-15-10-7-4-5-8-11(10)18(16,17)12(13)14/h4-5,7-8,12,15H,6,9H2,1H3. The molecule has 0 aliphatic carbocycles. The Kier molecular flexibility index (Phi) is 5.10. The number of nitrogens with one attached hydrogen (secondary N) is 1. The zero-order valence-corrected chi connectivity index (χ0v) is 10.6. The lowest BCUT2D eigenvalue weighted by molar-refractivity contribution is 0.235. The average Bonchev–Trinajstić information content (AvgIpc) is 2.35. The van der Waals surface area contributed by atoms with Gasteiger partial charge in [0.25, 0.3) is 0 Å². The highest BCUT2D eigenvalue weighted by Gasteiger charge is 2.28. The van der Waals surface area contributed by atoms with Crippen LogP contribution in [0, 0.1) is 11.8 Å². The second-order valence-corrected chi connectivity index (χ2v) is 5.29. The van der Waals surface area contributed by atoms with Gasteiger partial charge in [0, 0.05) is 13.0 Å². The number of para-hydroxylation sites is 1. The highest BCUT2D eigenvalue weighted by Crippen LogP contribution is 2.25. The zero-order chi connectivity index (χ0) is 13.6. The Hall–Kier alpha value is -1.61. The first kappa shape index (κ1) is 14.5.